The van der Waals surface area contributed by atoms with Crippen molar-refractivity contribution in [2.45, 2.75) is 32.6 Å². The molecule has 0 heterocycles. The number of carbonyl (C=O) groups is 1. The number of carbonyl (C=O) groups excluding carboxylic acids is 1. The predicted octanol–water partition coefficient (Wildman–Crippen LogP) is 4.43. The van der Waals surface area contributed by atoms with Gasteiger partial charge in [0.2, 0.25) is 5.91 Å². The van der Waals surface area contributed by atoms with Crippen LogP contribution < -0.4 is 15.4 Å². The fourth-order valence-corrected chi connectivity index (χ4v) is 2.49. The highest BCUT2D eigenvalue weighted by Crippen LogP contribution is 2.29. The molecule has 2 aromatic rings. The van der Waals surface area contributed by atoms with E-state index in [1.54, 1.807) is 7.11 Å². The molecular weight excluding hydrogens is 300 g/mol. The minimum atomic E-state index is -0.00871. The molecule has 0 bridgehead atoms. The molecule has 2 N–H and O–H groups in total. The zero-order chi connectivity index (χ0) is 17.6. The van der Waals surface area contributed by atoms with Crippen LogP contribution in [0.4, 0.5) is 11.4 Å². The van der Waals surface area contributed by atoms with Gasteiger partial charge in [-0.2, -0.15) is 0 Å². The Morgan fingerprint density at radius 3 is 2.33 bits per heavy atom. The molecule has 0 unspecified atom stereocenters. The van der Waals surface area contributed by atoms with Crippen molar-refractivity contribution in [1.82, 2.24) is 0 Å². The normalized spacial score (nSPS) is 11.0. The molecular formula is C20H26N2O2. The molecule has 0 aliphatic heterocycles. The van der Waals surface area contributed by atoms with Crippen molar-refractivity contribution < 1.29 is 9.53 Å². The Morgan fingerprint density at radius 1 is 1.04 bits per heavy atom. The van der Waals surface area contributed by atoms with Crippen LogP contribution in [0.5, 0.6) is 5.75 Å². The second-order valence-electron chi connectivity index (χ2n) is 6.75. The first kappa shape index (κ1) is 17.9. The summed E-state index contributed by atoms with van der Waals surface area (Å²) in [6.45, 7) is 7.01. The number of benzene rings is 2. The number of amides is 1. The number of anilines is 2. The molecule has 4 heteroatoms. The van der Waals surface area contributed by atoms with Gasteiger partial charge in [-0.1, -0.05) is 39.0 Å². The van der Waals surface area contributed by atoms with Crippen LogP contribution in [-0.4, -0.2) is 19.6 Å². The van der Waals surface area contributed by atoms with Crippen molar-refractivity contribution in [2.75, 3.05) is 24.3 Å². The van der Waals surface area contributed by atoms with E-state index in [4.69, 9.17) is 4.74 Å². The first-order valence-electron chi connectivity index (χ1n) is 8.17. The highest BCUT2D eigenvalue weighted by atomic mass is 16.5. The quantitative estimate of drug-likeness (QED) is 0.825. The van der Waals surface area contributed by atoms with Gasteiger partial charge in [0.1, 0.15) is 5.75 Å². The van der Waals surface area contributed by atoms with Gasteiger partial charge in [0.15, 0.2) is 0 Å². The van der Waals surface area contributed by atoms with E-state index in [1.165, 1.54) is 0 Å². The van der Waals surface area contributed by atoms with Crippen LogP contribution in [-0.2, 0) is 10.2 Å². The summed E-state index contributed by atoms with van der Waals surface area (Å²) in [4.78, 5) is 12.2. The summed E-state index contributed by atoms with van der Waals surface area (Å²) in [5, 5.41) is 6.26. The molecule has 0 radical (unpaired) electrons. The number of hydrogen-bond acceptors (Lipinski definition) is 3. The Balaban J connectivity index is 1.87. The van der Waals surface area contributed by atoms with Crippen LogP contribution in [0.15, 0.2) is 48.5 Å². The van der Waals surface area contributed by atoms with Crippen molar-refractivity contribution in [3.63, 3.8) is 0 Å². The first-order valence-corrected chi connectivity index (χ1v) is 8.17. The van der Waals surface area contributed by atoms with Gasteiger partial charge >= 0.3 is 0 Å². The van der Waals surface area contributed by atoms with Crippen LogP contribution in [0.3, 0.4) is 0 Å². The summed E-state index contributed by atoms with van der Waals surface area (Å²) in [5.74, 6) is 0.824. The molecule has 1 amide bonds. The number of nitrogens with one attached hydrogen (secondary N) is 2. The minimum absolute atomic E-state index is 0.00714. The van der Waals surface area contributed by atoms with E-state index in [0.29, 0.717) is 13.0 Å². The summed E-state index contributed by atoms with van der Waals surface area (Å²) in [5.41, 5.74) is 2.99. The molecule has 0 saturated carbocycles. The number of para-hydroxylation sites is 1. The lowest BCUT2D eigenvalue weighted by Crippen LogP contribution is -2.20. The summed E-state index contributed by atoms with van der Waals surface area (Å²) >= 11 is 0. The minimum Gasteiger partial charge on any atom is -0.497 e. The van der Waals surface area contributed by atoms with Crippen LogP contribution in [0.25, 0.3) is 0 Å². The van der Waals surface area contributed by atoms with E-state index in [9.17, 15) is 4.79 Å². The maximum atomic E-state index is 12.2. The number of rotatable bonds is 6. The smallest absolute Gasteiger partial charge is 0.226 e. The molecule has 0 aliphatic rings. The van der Waals surface area contributed by atoms with Gasteiger partial charge in [-0.25, -0.2) is 0 Å². The monoisotopic (exact) mass is 326 g/mol. The van der Waals surface area contributed by atoms with Gasteiger partial charge in [0.25, 0.3) is 0 Å². The number of ether oxygens (including phenoxy) is 1. The van der Waals surface area contributed by atoms with Crippen LogP contribution >= 0.6 is 0 Å². The third-order valence-corrected chi connectivity index (χ3v) is 3.78. The van der Waals surface area contributed by atoms with Crippen molar-refractivity contribution in [3.05, 3.63) is 54.1 Å². The fraction of sp³-hybridized carbons (Fsp3) is 0.350. The number of methoxy groups -OCH3 is 1. The Hall–Kier alpha value is -2.49. The van der Waals surface area contributed by atoms with Gasteiger partial charge in [0.05, 0.1) is 7.11 Å². The first-order chi connectivity index (χ1) is 11.4. The lowest BCUT2D eigenvalue weighted by Gasteiger charge is -2.23. The molecule has 0 atom stereocenters. The predicted molar refractivity (Wildman–Crippen MR) is 99.9 cm³/mol. The maximum absolute atomic E-state index is 12.2. The summed E-state index contributed by atoms with van der Waals surface area (Å²) in [7, 11) is 1.64. The lowest BCUT2D eigenvalue weighted by molar-refractivity contribution is -0.115. The molecule has 128 valence electrons. The average Bonchev–Trinajstić information content (AvgIpc) is 2.55. The molecule has 0 aromatic heterocycles. The van der Waals surface area contributed by atoms with Crippen LogP contribution in [0.1, 0.15) is 32.8 Å². The molecule has 0 fully saturated rings. The number of hydrogen-bond donors (Lipinski definition) is 2. The van der Waals surface area contributed by atoms with E-state index in [-0.39, 0.29) is 11.3 Å². The fourth-order valence-electron chi connectivity index (χ4n) is 2.49. The van der Waals surface area contributed by atoms with Gasteiger partial charge < -0.3 is 15.4 Å². The molecule has 2 rings (SSSR count). The summed E-state index contributed by atoms with van der Waals surface area (Å²) in [6, 6.07) is 15.6. The Bertz CT molecular complexity index is 673. The summed E-state index contributed by atoms with van der Waals surface area (Å²) in [6.07, 6.45) is 0.407. The van der Waals surface area contributed by atoms with Gasteiger partial charge in [-0.15, -0.1) is 0 Å². The highest BCUT2D eigenvalue weighted by Gasteiger charge is 2.18. The van der Waals surface area contributed by atoms with E-state index >= 15 is 0 Å². The molecule has 4 nitrogen and oxygen atoms in total. The highest BCUT2D eigenvalue weighted by molar-refractivity contribution is 5.92. The second-order valence-corrected chi connectivity index (χ2v) is 6.75. The van der Waals surface area contributed by atoms with Crippen LogP contribution in [0.2, 0.25) is 0 Å². The third kappa shape index (κ3) is 5.01. The van der Waals surface area contributed by atoms with E-state index in [0.717, 1.165) is 22.7 Å². The van der Waals surface area contributed by atoms with Crippen molar-refractivity contribution in [1.29, 1.82) is 0 Å². The Morgan fingerprint density at radius 2 is 1.71 bits per heavy atom. The average molecular weight is 326 g/mol. The van der Waals surface area contributed by atoms with E-state index in [1.807, 2.05) is 42.5 Å². The van der Waals surface area contributed by atoms with Crippen molar-refractivity contribution in [2.24, 2.45) is 0 Å². The Labute approximate surface area is 144 Å². The zero-order valence-corrected chi connectivity index (χ0v) is 14.8. The zero-order valence-electron chi connectivity index (χ0n) is 14.8. The maximum Gasteiger partial charge on any atom is 0.226 e. The molecule has 2 aromatic carbocycles. The van der Waals surface area contributed by atoms with Gasteiger partial charge in [0, 0.05) is 24.3 Å². The van der Waals surface area contributed by atoms with Crippen molar-refractivity contribution >= 4 is 17.3 Å². The van der Waals surface area contributed by atoms with E-state index in [2.05, 4.69) is 37.5 Å². The largest absolute Gasteiger partial charge is 0.497 e. The van der Waals surface area contributed by atoms with Gasteiger partial charge in [-0.05, 0) is 41.3 Å². The molecule has 0 saturated heterocycles. The third-order valence-electron chi connectivity index (χ3n) is 3.78. The van der Waals surface area contributed by atoms with E-state index < -0.39 is 0 Å². The van der Waals surface area contributed by atoms with Crippen molar-refractivity contribution in [3.8, 4) is 5.75 Å². The summed E-state index contributed by atoms with van der Waals surface area (Å²) < 4.78 is 5.12. The van der Waals surface area contributed by atoms with Crippen LogP contribution in [0, 0.1) is 0 Å². The lowest BCUT2D eigenvalue weighted by atomic mass is 9.86. The second kappa shape index (κ2) is 7.86. The molecule has 0 aliphatic carbocycles. The van der Waals surface area contributed by atoms with Gasteiger partial charge in [-0.3, -0.25) is 4.79 Å². The topological polar surface area (TPSA) is 50.4 Å². The SMILES string of the molecule is COc1ccc(NCCC(=O)Nc2ccccc2C(C)(C)C)cc1. The standard InChI is InChI=1S/C20H26N2O2/c1-20(2,3)17-7-5-6-8-18(17)22-19(23)13-14-21-15-9-11-16(24-4)12-10-15/h5-12,21H,13-14H2,1-4H3,(H,22,23). The molecule has 0 spiro atoms. The molecule has 24 heavy (non-hydrogen) atoms. The Kier molecular flexibility index (Phi) is 5.85.